The second kappa shape index (κ2) is 8.43. The number of nitrogens with one attached hydrogen (secondary N) is 1. The lowest BCUT2D eigenvalue weighted by Crippen LogP contribution is -2.46. The number of aromatic nitrogens is 2. The minimum absolute atomic E-state index is 0.115. The Bertz CT molecular complexity index is 1100. The number of amides is 1. The van der Waals surface area contributed by atoms with Gasteiger partial charge in [-0.05, 0) is 31.0 Å². The van der Waals surface area contributed by atoms with Crippen LogP contribution < -0.4 is 16.7 Å². The highest BCUT2D eigenvalue weighted by Crippen LogP contribution is 2.37. The van der Waals surface area contributed by atoms with Gasteiger partial charge in [-0.3, -0.25) is 14.4 Å². The number of nitrogens with two attached hydrogens (primary N) is 1. The molecule has 0 saturated carbocycles. The van der Waals surface area contributed by atoms with E-state index in [1.807, 2.05) is 24.3 Å². The highest BCUT2D eigenvalue weighted by Gasteiger charge is 2.53. The third-order valence-electron chi connectivity index (χ3n) is 5.90. The van der Waals surface area contributed by atoms with Crippen molar-refractivity contribution in [3.8, 4) is 0 Å². The van der Waals surface area contributed by atoms with Crippen LogP contribution in [0.2, 0.25) is 0 Å². The molecule has 3 heterocycles. The van der Waals surface area contributed by atoms with Crippen LogP contribution in [0.4, 0.5) is 11.5 Å². The van der Waals surface area contributed by atoms with Crippen LogP contribution in [0.15, 0.2) is 46.3 Å². The number of aliphatic hydroxyl groups excluding tert-OH is 2. The molecule has 1 saturated heterocycles. The smallest absolute Gasteiger partial charge is 0.351 e. The van der Waals surface area contributed by atoms with Crippen LogP contribution in [0.25, 0.3) is 0 Å². The first-order valence-corrected chi connectivity index (χ1v) is 10.2. The van der Waals surface area contributed by atoms with Gasteiger partial charge in [0.05, 0.1) is 12.3 Å². The summed E-state index contributed by atoms with van der Waals surface area (Å²) in [7, 11) is 0. The quantitative estimate of drug-likeness (QED) is 0.377. The molecule has 0 bridgehead atoms. The fourth-order valence-corrected chi connectivity index (χ4v) is 4.10. The Morgan fingerprint density at radius 1 is 1.38 bits per heavy atom. The summed E-state index contributed by atoms with van der Waals surface area (Å²) in [6, 6.07) is 8.23. The van der Waals surface area contributed by atoms with Crippen molar-refractivity contribution in [2.75, 3.05) is 11.9 Å². The third-order valence-corrected chi connectivity index (χ3v) is 5.90. The molecule has 1 amide bonds. The van der Waals surface area contributed by atoms with Crippen LogP contribution >= 0.6 is 0 Å². The van der Waals surface area contributed by atoms with Gasteiger partial charge in [0, 0.05) is 18.3 Å². The predicted octanol–water partition coefficient (Wildman–Crippen LogP) is -0.599. The fourth-order valence-electron chi connectivity index (χ4n) is 4.10. The van der Waals surface area contributed by atoms with Crippen molar-refractivity contribution in [2.24, 2.45) is 10.7 Å². The molecule has 1 aromatic carbocycles. The number of ether oxygens (including phenoxy) is 1. The first-order valence-electron chi connectivity index (χ1n) is 10.2. The van der Waals surface area contributed by atoms with E-state index < -0.39 is 48.3 Å². The third kappa shape index (κ3) is 3.91. The summed E-state index contributed by atoms with van der Waals surface area (Å²) in [5.74, 6) is -0.602. The van der Waals surface area contributed by atoms with Gasteiger partial charge >= 0.3 is 5.69 Å². The van der Waals surface area contributed by atoms with E-state index in [0.29, 0.717) is 6.42 Å². The van der Waals surface area contributed by atoms with Gasteiger partial charge in [-0.15, -0.1) is 0 Å². The van der Waals surface area contributed by atoms with Gasteiger partial charge in [-0.25, -0.2) is 4.79 Å². The number of aliphatic hydroxyl groups is 3. The number of primary amides is 1. The Kier molecular flexibility index (Phi) is 5.82. The molecular formula is C21H25N5O6. The second-order valence-electron chi connectivity index (χ2n) is 8.16. The van der Waals surface area contributed by atoms with Gasteiger partial charge in [0.2, 0.25) is 5.91 Å². The number of nitrogens with zero attached hydrogens (tertiary/aromatic N) is 3. The van der Waals surface area contributed by atoms with E-state index in [1.54, 1.807) is 6.21 Å². The van der Waals surface area contributed by atoms with Crippen LogP contribution in [0, 0.1) is 0 Å². The minimum Gasteiger partial charge on any atom is -0.394 e. The molecule has 6 N–H and O–H groups in total. The lowest BCUT2D eigenvalue weighted by molar-refractivity contribution is -0.118. The van der Waals surface area contributed by atoms with E-state index in [-0.39, 0.29) is 11.7 Å². The standard InChI is InChI=1S/C21H25N5O6/c1-21(31)17(28)15(10-27)32-19(21)26-7-6-16(25-20(26)30)24-14(18(22)29)8-11-9-23-13-5-3-2-4-12(11)13/h2-7,9,11,14-15,17,19,27-28,31H,8,10H2,1H3,(H2,22,29)(H,24,25,30)/t11?,14?,15?,17?,19?,21-/m1/s1. The summed E-state index contributed by atoms with van der Waals surface area (Å²) in [6.07, 6.45) is -0.274. The maximum atomic E-state index is 12.6. The summed E-state index contributed by atoms with van der Waals surface area (Å²) in [5.41, 5.74) is 4.80. The lowest BCUT2D eigenvalue weighted by atomic mass is 9.93. The zero-order valence-electron chi connectivity index (χ0n) is 17.3. The van der Waals surface area contributed by atoms with Crippen LogP contribution in [-0.2, 0) is 9.53 Å². The monoisotopic (exact) mass is 443 g/mol. The number of benzene rings is 1. The molecule has 2 aliphatic heterocycles. The van der Waals surface area contributed by atoms with Crippen LogP contribution in [-0.4, -0.2) is 67.5 Å². The van der Waals surface area contributed by atoms with Crippen molar-refractivity contribution in [1.29, 1.82) is 0 Å². The lowest BCUT2D eigenvalue weighted by Gasteiger charge is -2.27. The van der Waals surface area contributed by atoms with Crippen molar-refractivity contribution in [3.05, 3.63) is 52.6 Å². The van der Waals surface area contributed by atoms with Crippen molar-refractivity contribution in [2.45, 2.75) is 49.3 Å². The largest absolute Gasteiger partial charge is 0.394 e. The predicted molar refractivity (Wildman–Crippen MR) is 115 cm³/mol. The number of aliphatic imine (C=N–C) groups is 1. The van der Waals surface area contributed by atoms with Gasteiger partial charge in [-0.1, -0.05) is 18.2 Å². The SMILES string of the molecule is C[C@@]1(O)C(O)C(CO)OC1n1ccc(NC(CC2C=Nc3ccccc32)C(N)=O)nc1=O. The topological polar surface area (TPSA) is 172 Å². The van der Waals surface area contributed by atoms with E-state index in [0.717, 1.165) is 15.8 Å². The molecule has 32 heavy (non-hydrogen) atoms. The van der Waals surface area contributed by atoms with Crippen molar-refractivity contribution in [3.63, 3.8) is 0 Å². The van der Waals surface area contributed by atoms with E-state index in [9.17, 15) is 24.9 Å². The second-order valence-corrected chi connectivity index (χ2v) is 8.16. The minimum atomic E-state index is -1.82. The highest BCUT2D eigenvalue weighted by atomic mass is 16.6. The Labute approximate surface area is 183 Å². The average molecular weight is 443 g/mol. The molecule has 2 aromatic rings. The first-order chi connectivity index (χ1) is 15.2. The van der Waals surface area contributed by atoms with Gasteiger partial charge in [0.15, 0.2) is 6.23 Å². The number of carbonyl (C=O) groups is 1. The fraction of sp³-hybridized carbons (Fsp3) is 0.429. The zero-order valence-corrected chi connectivity index (χ0v) is 17.3. The summed E-state index contributed by atoms with van der Waals surface area (Å²) < 4.78 is 6.47. The molecule has 1 aromatic heterocycles. The summed E-state index contributed by atoms with van der Waals surface area (Å²) in [4.78, 5) is 32.9. The first kappa shape index (κ1) is 22.1. The van der Waals surface area contributed by atoms with E-state index in [2.05, 4.69) is 15.3 Å². The Morgan fingerprint density at radius 3 is 2.78 bits per heavy atom. The molecule has 6 atom stereocenters. The molecule has 1 fully saturated rings. The van der Waals surface area contributed by atoms with E-state index in [1.165, 1.54) is 19.2 Å². The number of fused-ring (bicyclic) bond motifs is 1. The Hall–Kier alpha value is -3.12. The van der Waals surface area contributed by atoms with Crippen LogP contribution in [0.3, 0.4) is 0 Å². The maximum absolute atomic E-state index is 12.6. The Morgan fingerprint density at radius 2 is 2.12 bits per heavy atom. The molecule has 11 heteroatoms. The van der Waals surface area contributed by atoms with Crippen molar-refractivity contribution >= 4 is 23.6 Å². The van der Waals surface area contributed by atoms with Crippen molar-refractivity contribution in [1.82, 2.24) is 9.55 Å². The molecule has 170 valence electrons. The Balaban J connectivity index is 1.52. The van der Waals surface area contributed by atoms with Crippen LogP contribution in [0.5, 0.6) is 0 Å². The van der Waals surface area contributed by atoms with E-state index in [4.69, 9.17) is 10.5 Å². The molecule has 4 rings (SSSR count). The van der Waals surface area contributed by atoms with E-state index >= 15 is 0 Å². The average Bonchev–Trinajstić information content (AvgIpc) is 3.26. The number of anilines is 1. The van der Waals surface area contributed by atoms with Crippen LogP contribution in [0.1, 0.15) is 31.1 Å². The van der Waals surface area contributed by atoms with Gasteiger partial charge in [0.1, 0.15) is 29.7 Å². The molecular weight excluding hydrogens is 418 g/mol. The number of hydrogen-bond acceptors (Lipinski definition) is 9. The van der Waals surface area contributed by atoms with Crippen molar-refractivity contribution < 1.29 is 24.9 Å². The number of rotatable bonds is 7. The summed E-state index contributed by atoms with van der Waals surface area (Å²) in [5, 5.41) is 32.9. The number of para-hydroxylation sites is 1. The molecule has 11 nitrogen and oxygen atoms in total. The number of hydrogen-bond donors (Lipinski definition) is 5. The molecule has 2 aliphatic rings. The molecule has 0 spiro atoms. The van der Waals surface area contributed by atoms with Gasteiger partial charge in [-0.2, -0.15) is 4.98 Å². The maximum Gasteiger partial charge on any atom is 0.351 e. The summed E-state index contributed by atoms with van der Waals surface area (Å²) in [6.45, 7) is 0.782. The number of carbonyl (C=O) groups excluding carboxylic acids is 1. The molecule has 0 radical (unpaired) electrons. The molecule has 0 aliphatic carbocycles. The van der Waals surface area contributed by atoms with Gasteiger partial charge in [0.25, 0.3) is 0 Å². The molecule has 5 unspecified atom stereocenters. The highest BCUT2D eigenvalue weighted by molar-refractivity contribution is 5.85. The normalized spacial score (nSPS) is 29.6. The summed E-state index contributed by atoms with van der Waals surface area (Å²) >= 11 is 0. The van der Waals surface area contributed by atoms with Gasteiger partial charge < -0.3 is 31.1 Å². The zero-order chi connectivity index (χ0) is 23.0.